The molecule has 0 N–H and O–H groups in total. The number of halogens is 18. The smallest absolute Gasteiger partial charge is 0.344 e. The summed E-state index contributed by atoms with van der Waals surface area (Å²) in [5.74, 6) is -3.45. The van der Waals surface area contributed by atoms with Crippen LogP contribution < -0.4 is 18.9 Å². The van der Waals surface area contributed by atoms with Crippen molar-refractivity contribution in [2.24, 2.45) is 0 Å². The van der Waals surface area contributed by atoms with Gasteiger partial charge in [0.1, 0.15) is 36.2 Å². The van der Waals surface area contributed by atoms with Gasteiger partial charge in [-0.15, -0.1) is 0 Å². The van der Waals surface area contributed by atoms with Crippen LogP contribution in [0.25, 0.3) is 0 Å². The average Bonchev–Trinajstić information content (AvgIpc) is 0.985. The van der Waals surface area contributed by atoms with E-state index in [-0.39, 0.29) is 52.9 Å². The largest absolute Gasteiger partial charge is 0.481 e. The molecule has 0 radical (unpaired) electrons. The number of esters is 6. The van der Waals surface area contributed by atoms with Gasteiger partial charge in [-0.25, -0.2) is 28.8 Å². The molecule has 6 rings (SSSR count). The van der Waals surface area contributed by atoms with E-state index in [1.54, 1.807) is 0 Å². The van der Waals surface area contributed by atoms with Crippen LogP contribution in [0.3, 0.4) is 0 Å². The van der Waals surface area contributed by atoms with Crippen molar-refractivity contribution in [3.63, 3.8) is 0 Å². The highest BCUT2D eigenvalue weighted by Crippen LogP contribution is 2.33. The number of Topliss-reactive ketones (excluding diaryl/α,β-unsaturated/α-hetero) is 3. The van der Waals surface area contributed by atoms with E-state index in [2.05, 4.69) is 419 Å². The summed E-state index contributed by atoms with van der Waals surface area (Å²) >= 11 is 39.2. The molecule has 0 aromatic heterocycles. The van der Waals surface area contributed by atoms with Gasteiger partial charge in [-0.2, -0.15) is 0 Å². The second-order valence-electron chi connectivity index (χ2n) is 18.2. The molecule has 0 amide bonds. The van der Waals surface area contributed by atoms with Crippen LogP contribution in [-0.4, -0.2) is 132 Å². The number of rotatable bonds is 32. The zero-order chi connectivity index (χ0) is 72.9. The van der Waals surface area contributed by atoms with Crippen LogP contribution >= 0.6 is 407 Å². The van der Waals surface area contributed by atoms with Crippen LogP contribution in [0.5, 0.6) is 23.0 Å². The second kappa shape index (κ2) is 50.3. The maximum atomic E-state index is 11.9. The second-order valence-corrected chi connectivity index (χ2v) is 39.3. The van der Waals surface area contributed by atoms with Gasteiger partial charge in [0.15, 0.2) is 66.1 Å². The Hall–Kier alpha value is 3.41. The zero-order valence-electron chi connectivity index (χ0n) is 48.7. The molecule has 98 heavy (non-hydrogen) atoms. The van der Waals surface area contributed by atoms with Crippen molar-refractivity contribution in [2.75, 3.05) is 79.3 Å². The van der Waals surface area contributed by atoms with Crippen LogP contribution in [-0.2, 0) is 94.3 Å². The van der Waals surface area contributed by atoms with E-state index < -0.39 is 92.8 Å². The molecule has 0 spiro atoms. The van der Waals surface area contributed by atoms with Crippen molar-refractivity contribution in [3.8, 4) is 23.0 Å². The van der Waals surface area contributed by atoms with Crippen molar-refractivity contribution in [1.29, 1.82) is 0 Å². The van der Waals surface area contributed by atoms with Crippen molar-refractivity contribution >= 4 is 460 Å². The number of benzene rings is 6. The summed E-state index contributed by atoms with van der Waals surface area (Å²) in [6.07, 6.45) is 0. The summed E-state index contributed by atoms with van der Waals surface area (Å²) < 4.78 is 79.9. The van der Waals surface area contributed by atoms with Crippen molar-refractivity contribution in [3.05, 3.63) is 148 Å². The van der Waals surface area contributed by atoms with Crippen molar-refractivity contribution in [1.82, 2.24) is 0 Å². The number of carbonyl (C=O) groups excluding carboxylic acids is 9. The minimum Gasteiger partial charge on any atom is -0.481 e. The number of hydrogen-bond donors (Lipinski definition) is 0. The fraction of sp³-hybridized carbons (Fsp3) is 0.237. The van der Waals surface area contributed by atoms with Crippen molar-refractivity contribution in [2.45, 2.75) is 13.2 Å². The summed E-state index contributed by atoms with van der Waals surface area (Å²) in [5, 5.41) is 0. The Kier molecular flexibility index (Phi) is 48.2. The Balaban J connectivity index is 0.000000312. The first-order chi connectivity index (χ1) is 46.2. The maximum Gasteiger partial charge on any atom is 0.344 e. The Morgan fingerprint density at radius 3 is 0.724 bits per heavy atom. The Labute approximate surface area is 807 Å². The molecular weight excluding hydrogens is 3330 g/mol. The molecule has 0 saturated carbocycles. The van der Waals surface area contributed by atoms with Gasteiger partial charge >= 0.3 is 35.8 Å². The third kappa shape index (κ3) is 37.0. The van der Waals surface area contributed by atoms with Gasteiger partial charge in [0.2, 0.25) is 17.3 Å². The molecule has 0 fully saturated rings. The van der Waals surface area contributed by atoms with Crippen molar-refractivity contribution < 1.29 is 100.0 Å². The summed E-state index contributed by atoms with van der Waals surface area (Å²) in [6.45, 7) is -4.41. The summed E-state index contributed by atoms with van der Waals surface area (Å²) in [4.78, 5) is 107. The van der Waals surface area contributed by atoms with Gasteiger partial charge in [-0.05, 0) is 491 Å². The fourth-order valence-corrected chi connectivity index (χ4v) is 23.6. The standard InChI is InChI=1S/C21H16I6O7.2C19H12I6O7/c22-13-1-11(20(26)16(24)3-13)5-31-9-18(29)33-7-15(28)8-34-19(30)10-32-6-12-2-14(23)4-17(25)21(12)27;20-9-1-12(22)18(24)14(3-9)29-7-16(27)31-5-11(26)6-32-17(28)8-30-15-4-10(21)2-13(23)19(15)25;20-9-1-12(22)18(13(23)2-9)31-7-16(27)29-5-11(26)6-30-17(28)8-32-19-14(24)3-10(21)4-15(19)25/h1-4H,5-10H2;2*1-4H,5-8H2. The predicted molar refractivity (Wildman–Crippen MR) is 510 cm³/mol. The molecule has 6 aromatic rings. The van der Waals surface area contributed by atoms with E-state index in [0.29, 0.717) is 23.0 Å². The number of hydrogen-bond acceptors (Lipinski definition) is 21. The summed E-state index contributed by atoms with van der Waals surface area (Å²) in [6, 6.07) is 23.4. The van der Waals surface area contributed by atoms with Gasteiger partial charge in [-0.1, -0.05) is 0 Å². The molecule has 0 aliphatic carbocycles. The molecule has 6 aromatic carbocycles. The van der Waals surface area contributed by atoms with Crippen LogP contribution in [0.2, 0.25) is 0 Å². The molecule has 528 valence electrons. The first kappa shape index (κ1) is 93.8. The molecule has 0 bridgehead atoms. The highest BCUT2D eigenvalue weighted by Gasteiger charge is 2.20. The molecule has 21 nitrogen and oxygen atoms in total. The van der Waals surface area contributed by atoms with E-state index in [0.717, 1.165) is 75.4 Å². The minimum atomic E-state index is -0.694. The van der Waals surface area contributed by atoms with Gasteiger partial charge < -0.3 is 56.8 Å². The lowest BCUT2D eigenvalue weighted by Crippen LogP contribution is -2.25. The SMILES string of the molecule is O=C(COC(=O)COCc1cc(I)cc(I)c1I)COC(=O)COCc1cc(I)cc(I)c1I.O=C(COC(=O)COc1c(I)cc(I)cc1I)COC(=O)COc1c(I)cc(I)cc1I.O=C(COC(=O)COc1cc(I)cc(I)c1I)COC(=O)COc1cc(I)cc(I)c1I. The molecule has 0 atom stereocenters. The zero-order valence-corrected chi connectivity index (χ0v) is 87.5. The topological polar surface area (TPSA) is 264 Å². The van der Waals surface area contributed by atoms with Crippen LogP contribution in [0.1, 0.15) is 11.1 Å². The first-order valence-electron chi connectivity index (χ1n) is 26.2. The lowest BCUT2D eigenvalue weighted by atomic mass is 10.2. The Bertz CT molecular complexity index is 3610. The molecule has 0 saturated heterocycles. The van der Waals surface area contributed by atoms with Crippen LogP contribution in [0.4, 0.5) is 0 Å². The lowest BCUT2D eigenvalue weighted by molar-refractivity contribution is -0.157. The van der Waals surface area contributed by atoms with Gasteiger partial charge in [0.25, 0.3) is 0 Å². The van der Waals surface area contributed by atoms with Gasteiger partial charge in [-0.3, -0.25) is 14.4 Å². The summed E-state index contributed by atoms with van der Waals surface area (Å²) in [7, 11) is 0. The maximum absolute atomic E-state index is 11.9. The van der Waals surface area contributed by atoms with E-state index >= 15 is 0 Å². The van der Waals surface area contributed by atoms with E-state index in [1.807, 2.05) is 60.7 Å². The van der Waals surface area contributed by atoms with E-state index in [9.17, 15) is 43.2 Å². The lowest BCUT2D eigenvalue weighted by Gasteiger charge is -2.11. The number of ether oxygens (including phenoxy) is 12. The van der Waals surface area contributed by atoms with Crippen LogP contribution in [0.15, 0.2) is 72.8 Å². The molecule has 0 aliphatic heterocycles. The minimum absolute atomic E-state index is 0.256. The fourth-order valence-electron chi connectivity index (χ4n) is 6.40. The van der Waals surface area contributed by atoms with Gasteiger partial charge in [0.05, 0.1) is 34.6 Å². The molecule has 0 heterocycles. The highest BCUT2D eigenvalue weighted by atomic mass is 127. The Morgan fingerprint density at radius 1 is 0.235 bits per heavy atom. The monoisotopic (exact) mass is 3370 g/mol. The Morgan fingerprint density at radius 2 is 0.449 bits per heavy atom. The summed E-state index contributed by atoms with van der Waals surface area (Å²) in [5.41, 5.74) is 1.95. The molecule has 0 unspecified atom stereocenters. The predicted octanol–water partition coefficient (Wildman–Crippen LogP) is 16.6. The highest BCUT2D eigenvalue weighted by molar-refractivity contribution is 14.1. The third-order valence-corrected chi connectivity index (χ3v) is 29.9. The number of carbonyl (C=O) groups is 9. The molecule has 39 heteroatoms. The van der Waals surface area contributed by atoms with E-state index in [1.165, 1.54) is 0 Å². The van der Waals surface area contributed by atoms with Crippen LogP contribution in [0, 0.1) is 64.3 Å². The van der Waals surface area contributed by atoms with E-state index in [4.69, 9.17) is 56.8 Å². The normalized spacial score (nSPS) is 10.6. The average molecular weight is 3370 g/mol. The molecular formula is C59H40I18O21. The van der Waals surface area contributed by atoms with Gasteiger partial charge in [0, 0.05) is 42.8 Å². The quantitative estimate of drug-likeness (QED) is 0.0164. The first-order valence-corrected chi connectivity index (χ1v) is 45.6. The third-order valence-electron chi connectivity index (χ3n) is 10.7. The molecule has 0 aliphatic rings. The number of ketones is 3.